The number of carbonyl (C=O) groups excluding carboxylic acids is 1. The lowest BCUT2D eigenvalue weighted by Gasteiger charge is -1.98. The van der Waals surface area contributed by atoms with Crippen molar-refractivity contribution in [2.24, 2.45) is 5.10 Å². The molecule has 0 aliphatic carbocycles. The number of rotatable bonds is 5. The maximum Gasteiger partial charge on any atom is 0.271 e. The Kier molecular flexibility index (Phi) is 5.16. The van der Waals surface area contributed by atoms with Crippen molar-refractivity contribution in [3.05, 3.63) is 64.2 Å². The highest BCUT2D eigenvalue weighted by Gasteiger charge is 2.05. The summed E-state index contributed by atoms with van der Waals surface area (Å²) in [5.74, 6) is -0.904. The molecule has 8 heteroatoms. The van der Waals surface area contributed by atoms with E-state index < -0.39 is 11.7 Å². The largest absolute Gasteiger partial charge is 0.271 e. The van der Waals surface area contributed by atoms with E-state index in [2.05, 4.69) is 15.5 Å². The van der Waals surface area contributed by atoms with Crippen LogP contribution in [0.2, 0.25) is 0 Å². The van der Waals surface area contributed by atoms with E-state index in [0.717, 1.165) is 13.4 Å². The molecule has 1 amide bonds. The SMILES string of the molecule is O=C(N/N=C/c1ccc(Sc2nccs2)s1)c1cccc(F)c1. The molecule has 2 aromatic heterocycles. The smallest absolute Gasteiger partial charge is 0.267 e. The van der Waals surface area contributed by atoms with Gasteiger partial charge in [-0.1, -0.05) is 6.07 Å². The number of benzene rings is 1. The maximum absolute atomic E-state index is 13.0. The van der Waals surface area contributed by atoms with Gasteiger partial charge in [-0.05, 0) is 42.1 Å². The molecule has 0 atom stereocenters. The molecule has 2 heterocycles. The van der Waals surface area contributed by atoms with Crippen molar-refractivity contribution in [1.82, 2.24) is 10.4 Å². The normalized spacial score (nSPS) is 11.0. The summed E-state index contributed by atoms with van der Waals surface area (Å²) in [7, 11) is 0. The molecule has 1 aromatic carbocycles. The molecule has 1 N–H and O–H groups in total. The molecule has 0 spiro atoms. The fourth-order valence-electron chi connectivity index (χ4n) is 1.65. The first-order chi connectivity index (χ1) is 11.2. The summed E-state index contributed by atoms with van der Waals surface area (Å²) < 4.78 is 15.1. The van der Waals surface area contributed by atoms with Crippen LogP contribution in [0.15, 0.2) is 61.6 Å². The third-order valence-electron chi connectivity index (χ3n) is 2.64. The van der Waals surface area contributed by atoms with Gasteiger partial charge in [-0.15, -0.1) is 22.7 Å². The topological polar surface area (TPSA) is 54.4 Å². The van der Waals surface area contributed by atoms with Gasteiger partial charge in [0, 0.05) is 22.0 Å². The molecule has 0 unspecified atom stereocenters. The fraction of sp³-hybridized carbons (Fsp3) is 0. The van der Waals surface area contributed by atoms with Gasteiger partial charge in [-0.25, -0.2) is 14.8 Å². The molecule has 0 bridgehead atoms. The molecule has 0 saturated heterocycles. The van der Waals surface area contributed by atoms with E-state index in [4.69, 9.17) is 0 Å². The van der Waals surface area contributed by atoms with Crippen molar-refractivity contribution in [2.45, 2.75) is 8.55 Å². The second-order valence-electron chi connectivity index (χ2n) is 4.27. The van der Waals surface area contributed by atoms with Crippen molar-refractivity contribution in [2.75, 3.05) is 0 Å². The van der Waals surface area contributed by atoms with E-state index in [-0.39, 0.29) is 5.56 Å². The summed E-state index contributed by atoms with van der Waals surface area (Å²) in [5.41, 5.74) is 2.61. The van der Waals surface area contributed by atoms with Crippen LogP contribution in [0.1, 0.15) is 15.2 Å². The number of amides is 1. The molecule has 4 nitrogen and oxygen atoms in total. The second-order valence-corrected chi connectivity index (χ2v) is 7.82. The van der Waals surface area contributed by atoms with E-state index in [1.807, 2.05) is 17.5 Å². The Morgan fingerprint density at radius 3 is 3.04 bits per heavy atom. The molecule has 0 fully saturated rings. The van der Waals surface area contributed by atoms with Gasteiger partial charge >= 0.3 is 0 Å². The molecule has 0 radical (unpaired) electrons. The van der Waals surface area contributed by atoms with Crippen LogP contribution in [0, 0.1) is 5.82 Å². The van der Waals surface area contributed by atoms with Crippen LogP contribution in [0.3, 0.4) is 0 Å². The zero-order chi connectivity index (χ0) is 16.1. The van der Waals surface area contributed by atoms with Crippen LogP contribution < -0.4 is 5.43 Å². The molecule has 0 aliphatic rings. The fourth-order valence-corrected chi connectivity index (χ4v) is 4.52. The first-order valence-corrected chi connectivity index (χ1v) is 8.98. The predicted octanol–water partition coefficient (Wildman–Crippen LogP) is 4.26. The number of hydrogen-bond donors (Lipinski definition) is 1. The summed E-state index contributed by atoms with van der Waals surface area (Å²) in [6.45, 7) is 0. The average molecular weight is 363 g/mol. The van der Waals surface area contributed by atoms with Crippen LogP contribution in [0.5, 0.6) is 0 Å². The standard InChI is InChI=1S/C15H10FN3OS3/c16-11-3-1-2-10(8-11)14(20)19-18-9-12-4-5-13(22-12)23-15-17-6-7-21-15/h1-9H,(H,19,20)/b18-9+. The minimum atomic E-state index is -0.455. The number of thiazole rings is 1. The number of carbonyl (C=O) groups is 1. The summed E-state index contributed by atoms with van der Waals surface area (Å²) in [6.07, 6.45) is 3.33. The first-order valence-electron chi connectivity index (χ1n) is 6.47. The van der Waals surface area contributed by atoms with Gasteiger partial charge in [0.1, 0.15) is 5.82 Å². The summed E-state index contributed by atoms with van der Waals surface area (Å²) in [6, 6.07) is 9.36. The van der Waals surface area contributed by atoms with Gasteiger partial charge in [0.05, 0.1) is 10.4 Å². The van der Waals surface area contributed by atoms with Crippen LogP contribution in [-0.4, -0.2) is 17.1 Å². The number of nitrogens with zero attached hydrogens (tertiary/aromatic N) is 2. The van der Waals surface area contributed by atoms with Crippen molar-refractivity contribution in [3.8, 4) is 0 Å². The van der Waals surface area contributed by atoms with Crippen molar-refractivity contribution in [1.29, 1.82) is 0 Å². The van der Waals surface area contributed by atoms with E-state index in [9.17, 15) is 9.18 Å². The molecule has 0 saturated carbocycles. The zero-order valence-electron chi connectivity index (χ0n) is 11.6. The van der Waals surface area contributed by atoms with Gasteiger partial charge in [0.15, 0.2) is 4.34 Å². The maximum atomic E-state index is 13.0. The first kappa shape index (κ1) is 15.9. The molecular weight excluding hydrogens is 353 g/mol. The van der Waals surface area contributed by atoms with E-state index >= 15 is 0 Å². The lowest BCUT2D eigenvalue weighted by molar-refractivity contribution is 0.0954. The Hall–Kier alpha value is -2.03. The third-order valence-corrected chi connectivity index (χ3v) is 5.68. The monoisotopic (exact) mass is 363 g/mol. The van der Waals surface area contributed by atoms with Crippen LogP contribution in [0.25, 0.3) is 0 Å². The lowest BCUT2D eigenvalue weighted by atomic mass is 10.2. The molecular formula is C15H10FN3OS3. The Labute approximate surface area is 144 Å². The van der Waals surface area contributed by atoms with Crippen LogP contribution in [0.4, 0.5) is 4.39 Å². The van der Waals surface area contributed by atoms with Gasteiger partial charge in [0.2, 0.25) is 0 Å². The minimum absolute atomic E-state index is 0.230. The predicted molar refractivity (Wildman–Crippen MR) is 92.0 cm³/mol. The van der Waals surface area contributed by atoms with Crippen LogP contribution in [-0.2, 0) is 0 Å². The molecule has 3 rings (SSSR count). The highest BCUT2D eigenvalue weighted by Crippen LogP contribution is 2.33. The highest BCUT2D eigenvalue weighted by atomic mass is 32.2. The number of nitrogens with one attached hydrogen (secondary N) is 1. The quantitative estimate of drug-likeness (QED) is 0.544. The Bertz CT molecular complexity index is 830. The molecule has 23 heavy (non-hydrogen) atoms. The van der Waals surface area contributed by atoms with Gasteiger partial charge in [-0.3, -0.25) is 4.79 Å². The number of halogens is 1. The van der Waals surface area contributed by atoms with Crippen LogP contribution >= 0.6 is 34.4 Å². The summed E-state index contributed by atoms with van der Waals surface area (Å²) in [5, 5.41) is 5.83. The Morgan fingerprint density at radius 2 is 2.26 bits per heavy atom. The second kappa shape index (κ2) is 7.49. The van der Waals surface area contributed by atoms with E-state index in [1.54, 1.807) is 46.8 Å². The Balaban J connectivity index is 1.58. The van der Waals surface area contributed by atoms with Crippen molar-refractivity contribution in [3.63, 3.8) is 0 Å². The van der Waals surface area contributed by atoms with Gasteiger partial charge in [-0.2, -0.15) is 5.10 Å². The minimum Gasteiger partial charge on any atom is -0.267 e. The third kappa shape index (κ3) is 4.47. The molecule has 0 aliphatic heterocycles. The zero-order valence-corrected chi connectivity index (χ0v) is 14.1. The van der Waals surface area contributed by atoms with Gasteiger partial charge < -0.3 is 0 Å². The van der Waals surface area contributed by atoms with Gasteiger partial charge in [0.25, 0.3) is 5.91 Å². The number of hydrazone groups is 1. The van der Waals surface area contributed by atoms with Crippen molar-refractivity contribution < 1.29 is 9.18 Å². The molecule has 3 aromatic rings. The number of hydrogen-bond acceptors (Lipinski definition) is 6. The van der Waals surface area contributed by atoms with E-state index in [1.165, 1.54) is 24.3 Å². The molecule has 116 valence electrons. The number of aromatic nitrogens is 1. The van der Waals surface area contributed by atoms with Crippen molar-refractivity contribution >= 4 is 46.6 Å². The number of thiophene rings is 1. The van der Waals surface area contributed by atoms with E-state index in [0.29, 0.717) is 0 Å². The summed E-state index contributed by atoms with van der Waals surface area (Å²) in [4.78, 5) is 16.9. The lowest BCUT2D eigenvalue weighted by Crippen LogP contribution is -2.17. The summed E-state index contributed by atoms with van der Waals surface area (Å²) >= 11 is 4.72. The Morgan fingerprint density at radius 1 is 1.35 bits per heavy atom. The average Bonchev–Trinajstić information content (AvgIpc) is 3.20. The highest BCUT2D eigenvalue weighted by molar-refractivity contribution is 8.02.